The third-order valence-corrected chi connectivity index (χ3v) is 6.59. The number of nitrogens with zero attached hydrogens (tertiary/aromatic N) is 2. The smallest absolute Gasteiger partial charge is 0.306 e. The van der Waals surface area contributed by atoms with E-state index < -0.39 is 0 Å². The highest BCUT2D eigenvalue weighted by Gasteiger charge is 2.30. The van der Waals surface area contributed by atoms with Gasteiger partial charge in [-0.2, -0.15) is 0 Å². The molecule has 7 heteroatoms. The van der Waals surface area contributed by atoms with Crippen molar-refractivity contribution >= 4 is 29.2 Å². The topological polar surface area (TPSA) is 79.0 Å². The Morgan fingerprint density at radius 1 is 1.06 bits per heavy atom. The number of rotatable bonds is 7. The SMILES string of the molecule is CN(c1cccc(N2CCC(CC(=O)OCc3ccccc3)CC2)c1)C1CCC(=O)NC1=O. The van der Waals surface area contributed by atoms with Crippen molar-refractivity contribution in [2.75, 3.05) is 29.9 Å². The number of esters is 1. The monoisotopic (exact) mass is 449 g/mol. The van der Waals surface area contributed by atoms with Crippen molar-refractivity contribution in [3.8, 4) is 0 Å². The largest absolute Gasteiger partial charge is 0.461 e. The van der Waals surface area contributed by atoms with Gasteiger partial charge in [0.25, 0.3) is 0 Å². The Morgan fingerprint density at radius 2 is 1.82 bits per heavy atom. The van der Waals surface area contributed by atoms with Crippen LogP contribution in [0, 0.1) is 5.92 Å². The number of nitrogens with one attached hydrogen (secondary N) is 1. The normalized spacial score (nSPS) is 19.2. The summed E-state index contributed by atoms with van der Waals surface area (Å²) in [6.45, 7) is 2.08. The van der Waals surface area contributed by atoms with Crippen molar-refractivity contribution in [3.63, 3.8) is 0 Å². The average Bonchev–Trinajstić information content (AvgIpc) is 2.84. The van der Waals surface area contributed by atoms with E-state index in [0.717, 1.165) is 42.9 Å². The summed E-state index contributed by atoms with van der Waals surface area (Å²) in [4.78, 5) is 40.2. The standard InChI is InChI=1S/C26H31N3O4/c1-28(23-10-11-24(30)27-26(23)32)21-8-5-9-22(17-21)29-14-12-19(13-15-29)16-25(31)33-18-20-6-3-2-4-7-20/h2-9,17,19,23H,10-16,18H2,1H3,(H,27,30,32). The predicted octanol–water partition coefficient (Wildman–Crippen LogP) is 3.28. The van der Waals surface area contributed by atoms with Crippen LogP contribution in [-0.4, -0.2) is 44.0 Å². The van der Waals surface area contributed by atoms with Gasteiger partial charge in [-0.1, -0.05) is 36.4 Å². The molecule has 1 unspecified atom stereocenters. The van der Waals surface area contributed by atoms with E-state index in [9.17, 15) is 14.4 Å². The highest BCUT2D eigenvalue weighted by Crippen LogP contribution is 2.29. The number of imide groups is 1. The fourth-order valence-electron chi connectivity index (χ4n) is 4.57. The molecule has 2 saturated heterocycles. The molecule has 2 amide bonds. The van der Waals surface area contributed by atoms with Crippen molar-refractivity contribution in [1.82, 2.24) is 5.32 Å². The van der Waals surface area contributed by atoms with E-state index in [0.29, 0.717) is 31.8 Å². The Kier molecular flexibility index (Phi) is 7.27. The fraction of sp³-hybridized carbons (Fsp3) is 0.423. The highest BCUT2D eigenvalue weighted by molar-refractivity contribution is 6.01. The third-order valence-electron chi connectivity index (χ3n) is 6.59. The number of hydrogen-bond acceptors (Lipinski definition) is 6. The number of hydrogen-bond donors (Lipinski definition) is 1. The molecule has 33 heavy (non-hydrogen) atoms. The van der Waals surface area contributed by atoms with Crippen LogP contribution >= 0.6 is 0 Å². The van der Waals surface area contributed by atoms with Gasteiger partial charge in [-0.25, -0.2) is 0 Å². The molecule has 2 fully saturated rings. The lowest BCUT2D eigenvalue weighted by molar-refractivity contribution is -0.146. The quantitative estimate of drug-likeness (QED) is 0.516. The number of ether oxygens (including phenoxy) is 1. The summed E-state index contributed by atoms with van der Waals surface area (Å²) in [5, 5.41) is 2.43. The summed E-state index contributed by atoms with van der Waals surface area (Å²) >= 11 is 0. The maximum Gasteiger partial charge on any atom is 0.306 e. The molecule has 4 rings (SSSR count). The van der Waals surface area contributed by atoms with Crippen LogP contribution in [0.2, 0.25) is 0 Å². The lowest BCUT2D eigenvalue weighted by Crippen LogP contribution is -2.51. The lowest BCUT2D eigenvalue weighted by Gasteiger charge is -2.35. The molecule has 1 atom stereocenters. The van der Waals surface area contributed by atoms with Crippen molar-refractivity contribution in [1.29, 1.82) is 0 Å². The van der Waals surface area contributed by atoms with Crippen molar-refractivity contribution in [2.24, 2.45) is 5.92 Å². The van der Waals surface area contributed by atoms with Gasteiger partial charge >= 0.3 is 5.97 Å². The van der Waals surface area contributed by atoms with E-state index in [1.165, 1.54) is 0 Å². The van der Waals surface area contributed by atoms with Crippen molar-refractivity contribution in [2.45, 2.75) is 44.8 Å². The summed E-state index contributed by atoms with van der Waals surface area (Å²) in [5.41, 5.74) is 3.06. The number of carbonyl (C=O) groups excluding carboxylic acids is 3. The first kappa shape index (κ1) is 22.8. The first-order chi connectivity index (χ1) is 16.0. The zero-order chi connectivity index (χ0) is 23.2. The maximum absolute atomic E-state index is 12.3. The molecule has 0 radical (unpaired) electrons. The molecule has 0 aliphatic carbocycles. The van der Waals surface area contributed by atoms with E-state index >= 15 is 0 Å². The number of likely N-dealkylation sites (N-methyl/N-ethyl adjacent to an activating group) is 1. The second kappa shape index (κ2) is 10.5. The number of piperidine rings is 2. The second-order valence-corrected chi connectivity index (χ2v) is 8.88. The molecule has 2 heterocycles. The molecule has 7 nitrogen and oxygen atoms in total. The summed E-state index contributed by atoms with van der Waals surface area (Å²) in [6.07, 6.45) is 3.22. The second-order valence-electron chi connectivity index (χ2n) is 8.88. The van der Waals surface area contributed by atoms with E-state index in [-0.39, 0.29) is 23.8 Å². The molecule has 2 aliphatic heterocycles. The summed E-state index contributed by atoms with van der Waals surface area (Å²) in [6, 6.07) is 17.6. The van der Waals surface area contributed by atoms with Gasteiger partial charge in [0, 0.05) is 44.4 Å². The molecular formula is C26H31N3O4. The zero-order valence-electron chi connectivity index (χ0n) is 19.0. The number of carbonyl (C=O) groups is 3. The zero-order valence-corrected chi connectivity index (χ0v) is 19.0. The minimum atomic E-state index is -0.342. The van der Waals surface area contributed by atoms with E-state index in [4.69, 9.17) is 4.74 Å². The number of benzene rings is 2. The van der Waals surface area contributed by atoms with E-state index in [1.807, 2.05) is 54.4 Å². The van der Waals surface area contributed by atoms with Gasteiger partial charge in [0.1, 0.15) is 12.6 Å². The van der Waals surface area contributed by atoms with Crippen LogP contribution in [0.25, 0.3) is 0 Å². The van der Waals surface area contributed by atoms with E-state index in [1.54, 1.807) is 0 Å². The lowest BCUT2D eigenvalue weighted by atomic mass is 9.93. The first-order valence-electron chi connectivity index (χ1n) is 11.6. The summed E-state index contributed by atoms with van der Waals surface area (Å²) in [5.74, 6) is -0.242. The third kappa shape index (κ3) is 5.92. The minimum absolute atomic E-state index is 0.134. The van der Waals surface area contributed by atoms with Gasteiger partial charge < -0.3 is 14.5 Å². The van der Waals surface area contributed by atoms with E-state index in [2.05, 4.69) is 22.3 Å². The predicted molar refractivity (Wildman–Crippen MR) is 127 cm³/mol. The van der Waals surface area contributed by atoms with Crippen LogP contribution in [0.5, 0.6) is 0 Å². The van der Waals surface area contributed by atoms with Gasteiger partial charge in [0.15, 0.2) is 0 Å². The van der Waals surface area contributed by atoms with Crippen LogP contribution in [0.4, 0.5) is 11.4 Å². The molecule has 2 aromatic carbocycles. The van der Waals surface area contributed by atoms with Crippen molar-refractivity contribution in [3.05, 3.63) is 60.2 Å². The molecule has 0 saturated carbocycles. The molecule has 0 spiro atoms. The fourth-order valence-corrected chi connectivity index (χ4v) is 4.57. The average molecular weight is 450 g/mol. The van der Waals surface area contributed by atoms with Crippen LogP contribution in [0.15, 0.2) is 54.6 Å². The molecule has 2 aliphatic rings. The number of amides is 2. The maximum atomic E-state index is 12.3. The van der Waals surface area contributed by atoms with Crippen LogP contribution in [-0.2, 0) is 25.7 Å². The van der Waals surface area contributed by atoms with Gasteiger partial charge in [-0.05, 0) is 48.9 Å². The van der Waals surface area contributed by atoms with Gasteiger partial charge in [-0.15, -0.1) is 0 Å². The highest BCUT2D eigenvalue weighted by atomic mass is 16.5. The van der Waals surface area contributed by atoms with Crippen LogP contribution < -0.4 is 15.1 Å². The Bertz CT molecular complexity index is 986. The summed E-state index contributed by atoms with van der Waals surface area (Å²) in [7, 11) is 1.90. The Balaban J connectivity index is 1.28. The molecule has 0 aromatic heterocycles. The molecule has 0 bridgehead atoms. The molecule has 174 valence electrons. The van der Waals surface area contributed by atoms with Gasteiger partial charge in [0.05, 0.1) is 0 Å². The Labute approximate surface area is 194 Å². The van der Waals surface area contributed by atoms with Gasteiger partial charge in [-0.3, -0.25) is 19.7 Å². The molecular weight excluding hydrogens is 418 g/mol. The van der Waals surface area contributed by atoms with Crippen LogP contribution in [0.1, 0.15) is 37.7 Å². The minimum Gasteiger partial charge on any atom is -0.461 e. The Hall–Kier alpha value is -3.35. The van der Waals surface area contributed by atoms with Gasteiger partial charge in [0.2, 0.25) is 11.8 Å². The first-order valence-corrected chi connectivity index (χ1v) is 11.6. The summed E-state index contributed by atoms with van der Waals surface area (Å²) < 4.78 is 5.45. The number of anilines is 2. The van der Waals surface area contributed by atoms with Crippen molar-refractivity contribution < 1.29 is 19.1 Å². The molecule has 2 aromatic rings. The van der Waals surface area contributed by atoms with Crippen LogP contribution in [0.3, 0.4) is 0 Å². The Morgan fingerprint density at radius 3 is 2.55 bits per heavy atom. The molecule has 1 N–H and O–H groups in total.